The molecule has 0 unspecified atom stereocenters. The van der Waals surface area contributed by atoms with Crippen LogP contribution in [0.25, 0.3) is 0 Å². The summed E-state index contributed by atoms with van der Waals surface area (Å²) in [6.45, 7) is 2.41. The van der Waals surface area contributed by atoms with Gasteiger partial charge in [0.1, 0.15) is 0 Å². The van der Waals surface area contributed by atoms with Crippen LogP contribution in [0.3, 0.4) is 0 Å². The third-order valence-electron chi connectivity index (χ3n) is 3.02. The molecule has 118 valence electrons. The Hall–Kier alpha value is -1.60. The minimum Gasteiger partial charge on any atom is -0.465 e. The fourth-order valence-corrected chi connectivity index (χ4v) is 3.18. The summed E-state index contributed by atoms with van der Waals surface area (Å²) < 4.78 is 31.7. The Morgan fingerprint density at radius 2 is 2.00 bits per heavy atom. The number of carbonyl (C=O) groups is 1. The lowest BCUT2D eigenvalue weighted by Gasteiger charge is -2.11. The van der Waals surface area contributed by atoms with E-state index in [2.05, 4.69) is 16.4 Å². The van der Waals surface area contributed by atoms with Crippen LogP contribution < -0.4 is 10.5 Å². The van der Waals surface area contributed by atoms with Crippen molar-refractivity contribution < 1.29 is 17.9 Å². The second-order valence-electron chi connectivity index (χ2n) is 4.71. The quantitative estimate of drug-likeness (QED) is 0.434. The van der Waals surface area contributed by atoms with Gasteiger partial charge in [-0.2, -0.15) is 0 Å². The number of nitrogens with one attached hydrogen (secondary N) is 1. The number of esters is 1. The Balaban J connectivity index is 2.91. The van der Waals surface area contributed by atoms with E-state index in [1.807, 2.05) is 0 Å². The molecule has 0 aliphatic rings. The van der Waals surface area contributed by atoms with Gasteiger partial charge < -0.3 is 10.5 Å². The van der Waals surface area contributed by atoms with Crippen molar-refractivity contribution >= 4 is 21.7 Å². The van der Waals surface area contributed by atoms with Crippen molar-refractivity contribution in [2.45, 2.75) is 37.5 Å². The van der Waals surface area contributed by atoms with Crippen LogP contribution in [-0.4, -0.2) is 28.0 Å². The van der Waals surface area contributed by atoms with Crippen molar-refractivity contribution in [3.8, 4) is 0 Å². The molecule has 0 heterocycles. The van der Waals surface area contributed by atoms with Crippen LogP contribution >= 0.6 is 0 Å². The highest BCUT2D eigenvalue weighted by Crippen LogP contribution is 2.20. The molecule has 0 radical (unpaired) electrons. The molecule has 0 spiro atoms. The highest BCUT2D eigenvalue weighted by Gasteiger charge is 2.22. The highest BCUT2D eigenvalue weighted by molar-refractivity contribution is 7.89. The number of sulfonamides is 1. The minimum absolute atomic E-state index is 0.0206. The summed E-state index contributed by atoms with van der Waals surface area (Å²) >= 11 is 0. The van der Waals surface area contributed by atoms with Crippen molar-refractivity contribution in [1.29, 1.82) is 0 Å². The maximum atomic E-state index is 12.3. The number of ether oxygens (including phenoxy) is 1. The first-order valence-electron chi connectivity index (χ1n) is 6.90. The zero-order valence-electron chi connectivity index (χ0n) is 12.4. The van der Waals surface area contributed by atoms with E-state index < -0.39 is 16.0 Å². The van der Waals surface area contributed by atoms with Gasteiger partial charge in [0.2, 0.25) is 10.0 Å². The molecule has 1 aromatic rings. The van der Waals surface area contributed by atoms with Gasteiger partial charge in [-0.05, 0) is 24.6 Å². The number of methoxy groups -OCH3 is 1. The molecule has 1 rings (SSSR count). The molecule has 0 saturated carbocycles. The zero-order valence-corrected chi connectivity index (χ0v) is 13.2. The van der Waals surface area contributed by atoms with Crippen LogP contribution in [0.5, 0.6) is 0 Å². The lowest BCUT2D eigenvalue weighted by Crippen LogP contribution is -2.27. The number of hydrogen-bond donors (Lipinski definition) is 2. The number of rotatable bonds is 8. The first-order chi connectivity index (χ1) is 9.92. The van der Waals surface area contributed by atoms with Gasteiger partial charge in [-0.3, -0.25) is 0 Å². The summed E-state index contributed by atoms with van der Waals surface area (Å²) in [5.74, 6) is -0.707. The predicted octanol–water partition coefficient (Wildman–Crippen LogP) is 1.91. The Labute approximate surface area is 125 Å². The number of anilines is 1. The normalized spacial score (nSPS) is 11.3. The topological polar surface area (TPSA) is 98.5 Å². The van der Waals surface area contributed by atoms with E-state index in [4.69, 9.17) is 5.73 Å². The Kier molecular flexibility index (Phi) is 6.64. The van der Waals surface area contributed by atoms with E-state index in [1.54, 1.807) is 0 Å². The zero-order chi connectivity index (χ0) is 15.9. The van der Waals surface area contributed by atoms with Crippen molar-refractivity contribution in [3.05, 3.63) is 23.8 Å². The molecule has 0 aromatic heterocycles. The Bertz CT molecular complexity index is 585. The molecule has 3 N–H and O–H groups in total. The van der Waals surface area contributed by atoms with Gasteiger partial charge in [0, 0.05) is 12.2 Å². The van der Waals surface area contributed by atoms with Crippen molar-refractivity contribution in [3.63, 3.8) is 0 Å². The molecule has 0 atom stereocenters. The lowest BCUT2D eigenvalue weighted by atomic mass is 10.2. The monoisotopic (exact) mass is 314 g/mol. The van der Waals surface area contributed by atoms with Crippen molar-refractivity contribution in [2.75, 3.05) is 19.4 Å². The first kappa shape index (κ1) is 17.5. The molecule has 0 amide bonds. The summed E-state index contributed by atoms with van der Waals surface area (Å²) in [6.07, 6.45) is 3.85. The van der Waals surface area contributed by atoms with Crippen LogP contribution in [0, 0.1) is 0 Å². The first-order valence-corrected chi connectivity index (χ1v) is 8.38. The maximum Gasteiger partial charge on any atom is 0.339 e. The van der Waals surface area contributed by atoms with Gasteiger partial charge in [-0.1, -0.05) is 26.2 Å². The third kappa shape index (κ3) is 5.02. The number of nitrogen functional groups attached to an aromatic ring is 1. The number of benzene rings is 1. The summed E-state index contributed by atoms with van der Waals surface area (Å²) in [6, 6.07) is 4.08. The smallest absolute Gasteiger partial charge is 0.339 e. The van der Waals surface area contributed by atoms with Crippen LogP contribution in [0.15, 0.2) is 23.1 Å². The standard InChI is InChI=1S/C14H22N2O4S/c1-3-4-5-6-9-16-21(18,19)13-10-11(15)7-8-12(13)14(17)20-2/h7-8,10,16H,3-6,9,15H2,1-2H3. The van der Waals surface area contributed by atoms with E-state index in [0.29, 0.717) is 6.54 Å². The molecule has 0 fully saturated rings. The van der Waals surface area contributed by atoms with Crippen molar-refractivity contribution in [1.82, 2.24) is 4.72 Å². The van der Waals surface area contributed by atoms with Gasteiger partial charge >= 0.3 is 5.97 Å². The molecule has 0 aliphatic carbocycles. The van der Waals surface area contributed by atoms with Crippen LogP contribution in [0.4, 0.5) is 5.69 Å². The molecule has 21 heavy (non-hydrogen) atoms. The molecule has 0 aliphatic heterocycles. The predicted molar refractivity (Wildman–Crippen MR) is 81.5 cm³/mol. The number of hydrogen-bond acceptors (Lipinski definition) is 5. The highest BCUT2D eigenvalue weighted by atomic mass is 32.2. The van der Waals surface area contributed by atoms with Crippen LogP contribution in [0.1, 0.15) is 43.0 Å². The number of unbranched alkanes of at least 4 members (excludes halogenated alkanes) is 3. The van der Waals surface area contributed by atoms with E-state index >= 15 is 0 Å². The van der Waals surface area contributed by atoms with Gasteiger partial charge in [-0.15, -0.1) is 0 Å². The average Bonchev–Trinajstić information content (AvgIpc) is 2.46. The molecule has 7 heteroatoms. The number of carbonyl (C=O) groups excluding carboxylic acids is 1. The second-order valence-corrected chi connectivity index (χ2v) is 6.44. The van der Waals surface area contributed by atoms with Crippen molar-refractivity contribution in [2.24, 2.45) is 0 Å². The molecule has 1 aromatic carbocycles. The molecule has 0 bridgehead atoms. The molecular weight excluding hydrogens is 292 g/mol. The molecular formula is C14H22N2O4S. The average molecular weight is 314 g/mol. The third-order valence-corrected chi connectivity index (χ3v) is 4.52. The summed E-state index contributed by atoms with van der Waals surface area (Å²) in [5.41, 5.74) is 5.87. The largest absolute Gasteiger partial charge is 0.465 e. The minimum atomic E-state index is -3.79. The van der Waals surface area contributed by atoms with Crippen LogP contribution in [-0.2, 0) is 14.8 Å². The summed E-state index contributed by atoms with van der Waals surface area (Å²) in [4.78, 5) is 11.5. The van der Waals surface area contributed by atoms with Gasteiger partial charge in [-0.25, -0.2) is 17.9 Å². The van der Waals surface area contributed by atoms with E-state index in [-0.39, 0.29) is 16.1 Å². The summed E-state index contributed by atoms with van der Waals surface area (Å²) in [5, 5.41) is 0. The molecule has 6 nitrogen and oxygen atoms in total. The maximum absolute atomic E-state index is 12.3. The second kappa shape index (κ2) is 7.99. The fraction of sp³-hybridized carbons (Fsp3) is 0.500. The van der Waals surface area contributed by atoms with Crippen LogP contribution in [0.2, 0.25) is 0 Å². The van der Waals surface area contributed by atoms with E-state index in [9.17, 15) is 13.2 Å². The van der Waals surface area contributed by atoms with E-state index in [0.717, 1.165) is 25.7 Å². The Morgan fingerprint density at radius 3 is 2.62 bits per heavy atom. The fourth-order valence-electron chi connectivity index (χ4n) is 1.88. The van der Waals surface area contributed by atoms with Gasteiger partial charge in [0.05, 0.1) is 17.6 Å². The van der Waals surface area contributed by atoms with Gasteiger partial charge in [0.15, 0.2) is 0 Å². The number of nitrogens with two attached hydrogens (primary N) is 1. The van der Waals surface area contributed by atoms with Gasteiger partial charge in [0.25, 0.3) is 0 Å². The molecule has 0 saturated heterocycles. The Morgan fingerprint density at radius 1 is 1.29 bits per heavy atom. The lowest BCUT2D eigenvalue weighted by molar-refractivity contribution is 0.0596. The SMILES string of the molecule is CCCCCCNS(=O)(=O)c1cc(N)ccc1C(=O)OC. The summed E-state index contributed by atoms with van der Waals surface area (Å²) in [7, 11) is -2.58. The van der Waals surface area contributed by atoms with E-state index in [1.165, 1.54) is 25.3 Å².